The van der Waals surface area contributed by atoms with Gasteiger partial charge in [0, 0.05) is 6.42 Å². The van der Waals surface area contributed by atoms with Crippen molar-refractivity contribution in [2.24, 2.45) is 0 Å². The van der Waals surface area contributed by atoms with Crippen molar-refractivity contribution in [1.29, 1.82) is 0 Å². The quantitative estimate of drug-likeness (QED) is 0.801. The third kappa shape index (κ3) is 4.21. The van der Waals surface area contributed by atoms with Gasteiger partial charge in [-0.25, -0.2) is 0 Å². The maximum atomic E-state index is 9.47. The topological polar surface area (TPSA) is 49.7 Å². The number of ether oxygens (including phenoxy) is 1. The highest BCUT2D eigenvalue weighted by molar-refractivity contribution is 5.38. The van der Waals surface area contributed by atoms with Gasteiger partial charge in [0.1, 0.15) is 11.5 Å². The molecule has 0 aliphatic heterocycles. The predicted molar refractivity (Wildman–Crippen MR) is 59.3 cm³/mol. The fourth-order valence-electron chi connectivity index (χ4n) is 1.14. The molecule has 3 nitrogen and oxygen atoms in total. The van der Waals surface area contributed by atoms with Crippen LogP contribution in [0, 0.1) is 6.92 Å². The lowest BCUT2D eigenvalue weighted by Crippen LogP contribution is -2.21. The Kier molecular flexibility index (Phi) is 3.58. The van der Waals surface area contributed by atoms with Gasteiger partial charge in [-0.05, 0) is 44.5 Å². The summed E-state index contributed by atoms with van der Waals surface area (Å²) in [6, 6.07) is 5.10. The summed E-state index contributed by atoms with van der Waals surface area (Å²) in [5.74, 6) is 0.986. The van der Waals surface area contributed by atoms with E-state index >= 15 is 0 Å². The molecule has 0 aliphatic rings. The molecule has 0 unspecified atom stereocenters. The number of aryl methyl sites for hydroxylation is 1. The monoisotopic (exact) mass is 210 g/mol. The molecule has 1 aromatic carbocycles. The van der Waals surface area contributed by atoms with Gasteiger partial charge in [0.15, 0.2) is 0 Å². The number of aromatic hydroxyl groups is 1. The third-order valence-electron chi connectivity index (χ3n) is 2.15. The first-order valence-electron chi connectivity index (χ1n) is 5.03. The Morgan fingerprint density at radius 2 is 2.00 bits per heavy atom. The fourth-order valence-corrected chi connectivity index (χ4v) is 1.14. The van der Waals surface area contributed by atoms with Gasteiger partial charge in [0.05, 0.1) is 12.2 Å². The molecule has 0 spiro atoms. The maximum absolute atomic E-state index is 9.47. The van der Waals surface area contributed by atoms with Gasteiger partial charge in [-0.3, -0.25) is 0 Å². The molecular formula is C12H18O3. The predicted octanol–water partition coefficient (Wildman–Crippen LogP) is 2.24. The number of benzene rings is 1. The van der Waals surface area contributed by atoms with Crippen LogP contribution >= 0.6 is 0 Å². The van der Waals surface area contributed by atoms with Crippen LogP contribution in [0.25, 0.3) is 0 Å². The minimum Gasteiger partial charge on any atom is -0.508 e. The van der Waals surface area contributed by atoms with E-state index in [0.717, 1.165) is 11.3 Å². The van der Waals surface area contributed by atoms with Crippen LogP contribution in [0.1, 0.15) is 25.8 Å². The van der Waals surface area contributed by atoms with Gasteiger partial charge in [0.25, 0.3) is 0 Å². The highest BCUT2D eigenvalue weighted by Gasteiger charge is 2.12. The molecule has 0 heterocycles. The van der Waals surface area contributed by atoms with Gasteiger partial charge >= 0.3 is 0 Å². The van der Waals surface area contributed by atoms with E-state index in [1.54, 1.807) is 32.0 Å². The summed E-state index contributed by atoms with van der Waals surface area (Å²) < 4.78 is 5.45. The van der Waals surface area contributed by atoms with E-state index in [1.165, 1.54) is 0 Å². The van der Waals surface area contributed by atoms with Gasteiger partial charge in [0.2, 0.25) is 0 Å². The fraction of sp³-hybridized carbons (Fsp3) is 0.500. The Balaban J connectivity index is 2.48. The smallest absolute Gasteiger partial charge is 0.119 e. The maximum Gasteiger partial charge on any atom is 0.119 e. The number of aliphatic hydroxyl groups is 1. The van der Waals surface area contributed by atoms with E-state index in [1.807, 2.05) is 6.92 Å². The van der Waals surface area contributed by atoms with Gasteiger partial charge in [-0.2, -0.15) is 0 Å². The van der Waals surface area contributed by atoms with E-state index in [-0.39, 0.29) is 5.75 Å². The first-order valence-corrected chi connectivity index (χ1v) is 5.03. The molecule has 1 aromatic rings. The van der Waals surface area contributed by atoms with Crippen molar-refractivity contribution in [3.05, 3.63) is 23.8 Å². The summed E-state index contributed by atoms with van der Waals surface area (Å²) in [5, 5.41) is 18.8. The van der Waals surface area contributed by atoms with Crippen molar-refractivity contribution in [3.8, 4) is 11.5 Å². The molecule has 3 heteroatoms. The molecule has 0 saturated heterocycles. The summed E-state index contributed by atoms with van der Waals surface area (Å²) in [6.07, 6.45) is 0.576. The van der Waals surface area contributed by atoms with Gasteiger partial charge < -0.3 is 14.9 Å². The average Bonchev–Trinajstić information content (AvgIpc) is 2.09. The van der Waals surface area contributed by atoms with E-state index in [2.05, 4.69) is 0 Å². The number of hydrogen-bond acceptors (Lipinski definition) is 3. The van der Waals surface area contributed by atoms with Crippen LogP contribution in [0.15, 0.2) is 18.2 Å². The lowest BCUT2D eigenvalue weighted by molar-refractivity contribution is 0.0553. The SMILES string of the molecule is Cc1cc(OCCC(C)(C)O)ccc1O. The minimum absolute atomic E-state index is 0.268. The zero-order valence-corrected chi connectivity index (χ0v) is 9.45. The van der Waals surface area contributed by atoms with E-state index < -0.39 is 5.60 Å². The van der Waals surface area contributed by atoms with E-state index in [0.29, 0.717) is 13.0 Å². The molecule has 2 N–H and O–H groups in total. The van der Waals surface area contributed by atoms with Crippen molar-refractivity contribution in [3.63, 3.8) is 0 Å². The van der Waals surface area contributed by atoms with Crippen molar-refractivity contribution < 1.29 is 14.9 Å². The molecule has 84 valence electrons. The zero-order valence-electron chi connectivity index (χ0n) is 9.45. The molecule has 0 radical (unpaired) electrons. The summed E-state index contributed by atoms with van der Waals surface area (Å²) >= 11 is 0. The highest BCUT2D eigenvalue weighted by Crippen LogP contribution is 2.22. The molecular weight excluding hydrogens is 192 g/mol. The number of phenols is 1. The Morgan fingerprint density at radius 3 is 2.53 bits per heavy atom. The molecule has 0 amide bonds. The zero-order chi connectivity index (χ0) is 11.5. The molecule has 15 heavy (non-hydrogen) atoms. The lowest BCUT2D eigenvalue weighted by atomic mass is 10.1. The summed E-state index contributed by atoms with van der Waals surface area (Å²) in [6.45, 7) is 5.78. The van der Waals surface area contributed by atoms with Crippen LogP contribution in [-0.2, 0) is 0 Å². The van der Waals surface area contributed by atoms with Gasteiger partial charge in [-0.15, -0.1) is 0 Å². The molecule has 0 fully saturated rings. The average molecular weight is 210 g/mol. The van der Waals surface area contributed by atoms with Crippen LogP contribution in [0.2, 0.25) is 0 Å². The minimum atomic E-state index is -0.702. The molecule has 1 rings (SSSR count). The van der Waals surface area contributed by atoms with Crippen molar-refractivity contribution >= 4 is 0 Å². The molecule has 0 aromatic heterocycles. The van der Waals surface area contributed by atoms with E-state index in [4.69, 9.17) is 4.74 Å². The van der Waals surface area contributed by atoms with Gasteiger partial charge in [-0.1, -0.05) is 0 Å². The van der Waals surface area contributed by atoms with Crippen molar-refractivity contribution in [1.82, 2.24) is 0 Å². The second-order valence-electron chi connectivity index (χ2n) is 4.36. The van der Waals surface area contributed by atoms with Crippen molar-refractivity contribution in [2.45, 2.75) is 32.8 Å². The number of rotatable bonds is 4. The highest BCUT2D eigenvalue weighted by atomic mass is 16.5. The van der Waals surface area contributed by atoms with Crippen LogP contribution in [0.4, 0.5) is 0 Å². The molecule has 0 atom stereocenters. The Morgan fingerprint density at radius 1 is 1.33 bits per heavy atom. The second-order valence-corrected chi connectivity index (χ2v) is 4.36. The normalized spacial score (nSPS) is 11.5. The third-order valence-corrected chi connectivity index (χ3v) is 2.15. The van der Waals surface area contributed by atoms with Crippen LogP contribution < -0.4 is 4.74 Å². The Labute approximate surface area is 90.3 Å². The Hall–Kier alpha value is -1.22. The summed E-state index contributed by atoms with van der Waals surface area (Å²) in [5.41, 5.74) is 0.0853. The molecule has 0 bridgehead atoms. The van der Waals surface area contributed by atoms with Crippen molar-refractivity contribution in [2.75, 3.05) is 6.61 Å². The number of hydrogen-bond donors (Lipinski definition) is 2. The number of phenolic OH excluding ortho intramolecular Hbond substituents is 1. The Bertz CT molecular complexity index is 326. The summed E-state index contributed by atoms with van der Waals surface area (Å²) in [7, 11) is 0. The second kappa shape index (κ2) is 4.53. The standard InChI is InChI=1S/C12H18O3/c1-9-8-10(4-5-11(9)13)15-7-6-12(2,3)14/h4-5,8,13-14H,6-7H2,1-3H3. The van der Waals surface area contributed by atoms with Crippen LogP contribution in [-0.4, -0.2) is 22.4 Å². The first-order chi connectivity index (χ1) is 6.88. The van der Waals surface area contributed by atoms with Crippen LogP contribution in [0.5, 0.6) is 11.5 Å². The molecule has 0 aliphatic carbocycles. The molecule has 0 saturated carbocycles. The van der Waals surface area contributed by atoms with Crippen LogP contribution in [0.3, 0.4) is 0 Å². The van der Waals surface area contributed by atoms with E-state index in [9.17, 15) is 10.2 Å². The summed E-state index contributed by atoms with van der Waals surface area (Å²) in [4.78, 5) is 0. The largest absolute Gasteiger partial charge is 0.508 e. The first kappa shape index (κ1) is 11.9. The lowest BCUT2D eigenvalue weighted by Gasteiger charge is -2.17.